The van der Waals surface area contributed by atoms with Gasteiger partial charge in [-0.3, -0.25) is 0 Å². The van der Waals surface area contributed by atoms with Crippen LogP contribution in [-0.4, -0.2) is 31.8 Å². The highest BCUT2D eigenvalue weighted by Gasteiger charge is 2.23. The van der Waals surface area contributed by atoms with Crippen LogP contribution in [0.2, 0.25) is 0 Å². The molecule has 0 radical (unpaired) electrons. The van der Waals surface area contributed by atoms with Crippen molar-refractivity contribution >= 4 is 15.9 Å². The third kappa shape index (κ3) is 4.76. The van der Waals surface area contributed by atoms with Gasteiger partial charge in [0.1, 0.15) is 0 Å². The molecule has 2 nitrogen and oxygen atoms in total. The fourth-order valence-corrected chi connectivity index (χ4v) is 2.86. The Morgan fingerprint density at radius 2 is 2.07 bits per heavy atom. The fourth-order valence-electron chi connectivity index (χ4n) is 2.01. The summed E-state index contributed by atoms with van der Waals surface area (Å²) >= 11 is 3.74. The lowest BCUT2D eigenvalue weighted by Crippen LogP contribution is -2.09. The van der Waals surface area contributed by atoms with E-state index in [2.05, 4.69) is 15.9 Å². The van der Waals surface area contributed by atoms with E-state index in [1.165, 1.54) is 32.1 Å². The Morgan fingerprint density at radius 3 is 2.71 bits per heavy atom. The van der Waals surface area contributed by atoms with Crippen LogP contribution in [0.15, 0.2) is 0 Å². The zero-order chi connectivity index (χ0) is 10.2. The van der Waals surface area contributed by atoms with Gasteiger partial charge in [-0.25, -0.2) is 0 Å². The first-order valence-corrected chi connectivity index (χ1v) is 6.47. The van der Waals surface area contributed by atoms with E-state index in [9.17, 15) is 0 Å². The van der Waals surface area contributed by atoms with E-state index >= 15 is 0 Å². The maximum atomic E-state index is 5.43. The van der Waals surface area contributed by atoms with Crippen molar-refractivity contribution in [3.63, 3.8) is 0 Å². The Morgan fingerprint density at radius 1 is 1.21 bits per heavy atom. The SMILES string of the molecule is COCCOCCCC1CCCC1Br. The molecule has 14 heavy (non-hydrogen) atoms. The first-order chi connectivity index (χ1) is 6.84. The highest BCUT2D eigenvalue weighted by Crippen LogP contribution is 2.34. The maximum absolute atomic E-state index is 5.43. The van der Waals surface area contributed by atoms with Crippen LogP contribution < -0.4 is 0 Å². The zero-order valence-electron chi connectivity index (χ0n) is 9.01. The summed E-state index contributed by atoms with van der Waals surface area (Å²) in [4.78, 5) is 0.765. The van der Waals surface area contributed by atoms with Gasteiger partial charge in [0.2, 0.25) is 0 Å². The molecule has 84 valence electrons. The van der Waals surface area contributed by atoms with Gasteiger partial charge in [-0.05, 0) is 31.6 Å². The van der Waals surface area contributed by atoms with E-state index in [0.717, 1.165) is 24.0 Å². The number of halogens is 1. The summed E-state index contributed by atoms with van der Waals surface area (Å²) in [6, 6.07) is 0. The van der Waals surface area contributed by atoms with Crippen LogP contribution in [0.3, 0.4) is 0 Å². The molecule has 0 aromatic carbocycles. The van der Waals surface area contributed by atoms with Crippen LogP contribution in [0, 0.1) is 5.92 Å². The smallest absolute Gasteiger partial charge is 0.0700 e. The molecule has 1 saturated carbocycles. The van der Waals surface area contributed by atoms with Crippen LogP contribution in [0.25, 0.3) is 0 Å². The molecule has 0 aromatic heterocycles. The molecule has 0 amide bonds. The number of hydrogen-bond donors (Lipinski definition) is 0. The summed E-state index contributed by atoms with van der Waals surface area (Å²) in [7, 11) is 1.71. The summed E-state index contributed by atoms with van der Waals surface area (Å²) in [6.07, 6.45) is 6.65. The predicted molar refractivity (Wildman–Crippen MR) is 62.0 cm³/mol. The first kappa shape index (κ1) is 12.5. The molecule has 3 heteroatoms. The van der Waals surface area contributed by atoms with Crippen molar-refractivity contribution in [3.05, 3.63) is 0 Å². The van der Waals surface area contributed by atoms with Gasteiger partial charge in [-0.15, -0.1) is 0 Å². The standard InChI is InChI=1S/C11H21BrO2/c1-13-8-9-14-7-3-5-10-4-2-6-11(10)12/h10-11H,2-9H2,1H3. The van der Waals surface area contributed by atoms with E-state index in [1.807, 2.05) is 0 Å². The first-order valence-electron chi connectivity index (χ1n) is 5.55. The van der Waals surface area contributed by atoms with Crippen molar-refractivity contribution in [2.24, 2.45) is 5.92 Å². The number of methoxy groups -OCH3 is 1. The van der Waals surface area contributed by atoms with E-state index in [1.54, 1.807) is 7.11 Å². The predicted octanol–water partition coefficient (Wildman–Crippen LogP) is 2.99. The monoisotopic (exact) mass is 264 g/mol. The second-order valence-electron chi connectivity index (χ2n) is 3.95. The van der Waals surface area contributed by atoms with Gasteiger partial charge in [0.05, 0.1) is 13.2 Å². The van der Waals surface area contributed by atoms with Crippen LogP contribution in [0.1, 0.15) is 32.1 Å². The third-order valence-corrected chi connectivity index (χ3v) is 4.07. The summed E-state index contributed by atoms with van der Waals surface area (Å²) in [5.74, 6) is 0.890. The van der Waals surface area contributed by atoms with Gasteiger partial charge < -0.3 is 9.47 Å². The van der Waals surface area contributed by atoms with E-state index in [4.69, 9.17) is 9.47 Å². The van der Waals surface area contributed by atoms with Crippen LogP contribution in [-0.2, 0) is 9.47 Å². The molecule has 1 rings (SSSR count). The van der Waals surface area contributed by atoms with Gasteiger partial charge in [-0.1, -0.05) is 22.4 Å². The Labute approximate surface area is 95.5 Å². The second kappa shape index (κ2) is 7.66. The minimum Gasteiger partial charge on any atom is -0.382 e. The Hall–Kier alpha value is 0.400. The van der Waals surface area contributed by atoms with E-state index < -0.39 is 0 Å². The van der Waals surface area contributed by atoms with Gasteiger partial charge in [0.25, 0.3) is 0 Å². The van der Waals surface area contributed by atoms with Crippen molar-refractivity contribution in [3.8, 4) is 0 Å². The molecule has 0 bridgehead atoms. The van der Waals surface area contributed by atoms with Crippen molar-refractivity contribution in [1.29, 1.82) is 0 Å². The zero-order valence-corrected chi connectivity index (χ0v) is 10.6. The highest BCUT2D eigenvalue weighted by molar-refractivity contribution is 9.09. The molecule has 0 N–H and O–H groups in total. The Bertz CT molecular complexity index is 141. The maximum Gasteiger partial charge on any atom is 0.0700 e. The third-order valence-electron chi connectivity index (χ3n) is 2.86. The summed E-state index contributed by atoms with van der Waals surface area (Å²) in [5.41, 5.74) is 0. The minimum atomic E-state index is 0.713. The lowest BCUT2D eigenvalue weighted by atomic mass is 10.0. The van der Waals surface area contributed by atoms with Crippen LogP contribution >= 0.6 is 15.9 Å². The normalized spacial score (nSPS) is 27.0. The van der Waals surface area contributed by atoms with Gasteiger partial charge >= 0.3 is 0 Å². The van der Waals surface area contributed by atoms with Crippen LogP contribution in [0.4, 0.5) is 0 Å². The second-order valence-corrected chi connectivity index (χ2v) is 5.13. The molecular weight excluding hydrogens is 244 g/mol. The van der Waals surface area contributed by atoms with Gasteiger partial charge in [0.15, 0.2) is 0 Å². The lowest BCUT2D eigenvalue weighted by Gasteiger charge is -2.13. The van der Waals surface area contributed by atoms with Crippen molar-refractivity contribution in [1.82, 2.24) is 0 Å². The Balaban J connectivity index is 1.88. The van der Waals surface area contributed by atoms with Crippen molar-refractivity contribution in [2.75, 3.05) is 26.9 Å². The van der Waals surface area contributed by atoms with E-state index in [0.29, 0.717) is 6.61 Å². The Kier molecular flexibility index (Phi) is 6.82. The molecule has 1 fully saturated rings. The largest absolute Gasteiger partial charge is 0.382 e. The van der Waals surface area contributed by atoms with Crippen molar-refractivity contribution in [2.45, 2.75) is 36.9 Å². The topological polar surface area (TPSA) is 18.5 Å². The minimum absolute atomic E-state index is 0.713. The lowest BCUT2D eigenvalue weighted by molar-refractivity contribution is 0.0674. The summed E-state index contributed by atoms with van der Waals surface area (Å²) < 4.78 is 10.3. The number of hydrogen-bond acceptors (Lipinski definition) is 2. The molecule has 1 aliphatic rings. The molecule has 0 aromatic rings. The number of ether oxygens (including phenoxy) is 2. The molecular formula is C11H21BrO2. The van der Waals surface area contributed by atoms with Crippen LogP contribution in [0.5, 0.6) is 0 Å². The van der Waals surface area contributed by atoms with Gasteiger partial charge in [-0.2, -0.15) is 0 Å². The number of rotatable bonds is 7. The molecule has 1 aliphatic carbocycles. The molecule has 0 heterocycles. The van der Waals surface area contributed by atoms with Crippen molar-refractivity contribution < 1.29 is 9.47 Å². The molecule has 2 unspecified atom stereocenters. The molecule has 0 aliphatic heterocycles. The number of alkyl halides is 1. The quantitative estimate of drug-likeness (QED) is 0.520. The molecule has 0 spiro atoms. The highest BCUT2D eigenvalue weighted by atomic mass is 79.9. The average molecular weight is 265 g/mol. The average Bonchev–Trinajstić information content (AvgIpc) is 2.58. The summed E-state index contributed by atoms with van der Waals surface area (Å²) in [5, 5.41) is 0. The molecule has 0 saturated heterocycles. The molecule has 2 atom stereocenters. The van der Waals surface area contributed by atoms with Gasteiger partial charge in [0, 0.05) is 18.5 Å². The van der Waals surface area contributed by atoms with E-state index in [-0.39, 0.29) is 0 Å². The fraction of sp³-hybridized carbons (Fsp3) is 1.00. The summed E-state index contributed by atoms with van der Waals surface area (Å²) in [6.45, 7) is 2.34.